The zero-order valence-electron chi connectivity index (χ0n) is 27.6. The molecule has 0 rings (SSSR count). The van der Waals surface area contributed by atoms with E-state index >= 15 is 0 Å². The van der Waals surface area contributed by atoms with Gasteiger partial charge in [-0.15, -0.1) is 0 Å². The van der Waals surface area contributed by atoms with Gasteiger partial charge in [-0.3, -0.25) is 0 Å². The van der Waals surface area contributed by atoms with Crippen molar-refractivity contribution in [2.24, 2.45) is 0 Å². The fourth-order valence-electron chi connectivity index (χ4n) is 6.35. The summed E-state index contributed by atoms with van der Waals surface area (Å²) in [6.45, 7) is 7.97. The van der Waals surface area contributed by atoms with E-state index in [9.17, 15) is 9.90 Å². The molecule has 4 heteroatoms. The van der Waals surface area contributed by atoms with Crippen LogP contribution in [0.15, 0.2) is 0 Å². The van der Waals surface area contributed by atoms with Crippen LogP contribution in [0.25, 0.3) is 0 Å². The number of hydrogen-bond donors (Lipinski definition) is 1. The first kappa shape index (κ1) is 38.9. The summed E-state index contributed by atoms with van der Waals surface area (Å²) >= 11 is 0. The molecule has 0 saturated heterocycles. The maximum absolute atomic E-state index is 13.1. The molecule has 0 bridgehead atoms. The van der Waals surface area contributed by atoms with Gasteiger partial charge < -0.3 is 0 Å². The molecule has 0 aromatic heterocycles. The van der Waals surface area contributed by atoms with Gasteiger partial charge in [0.05, 0.1) is 0 Å². The topological polar surface area (TPSA) is 46.5 Å². The van der Waals surface area contributed by atoms with Crippen LogP contribution in [0.1, 0.15) is 189 Å². The van der Waals surface area contributed by atoms with Crippen LogP contribution in [0.3, 0.4) is 0 Å². The fourth-order valence-corrected chi connectivity index (χ4v) is 12.8. The molecule has 0 heterocycles. The summed E-state index contributed by atoms with van der Waals surface area (Å²) in [5, 5.41) is 10.2. The zero-order chi connectivity index (χ0) is 29.1. The van der Waals surface area contributed by atoms with Gasteiger partial charge in [-0.25, -0.2) is 0 Å². The van der Waals surface area contributed by atoms with Crippen LogP contribution in [-0.4, -0.2) is 41.8 Å². The van der Waals surface area contributed by atoms with Crippen LogP contribution in [0.4, 0.5) is 0 Å². The summed E-state index contributed by atoms with van der Waals surface area (Å²) in [6.07, 6.45) is 34.4. The third kappa shape index (κ3) is 19.6. The standard InChI is InChI=1S/C35H73O3P/c1-6-10-14-18-19-20-21-22-23-24-25-29-33-39(30-26-15-11-7-2,31-27-16-12-8-3,32-28-17-13-9-4)38-35(37)34(5)36/h34,36H,6-33H2,1-5H3. The van der Waals surface area contributed by atoms with E-state index in [1.807, 2.05) is 0 Å². The molecule has 0 spiro atoms. The molecule has 0 aromatic carbocycles. The molecule has 236 valence electrons. The number of carbonyl (C=O) groups excluding carboxylic acids is 1. The van der Waals surface area contributed by atoms with Gasteiger partial charge in [0.2, 0.25) is 0 Å². The second-order valence-electron chi connectivity index (χ2n) is 12.9. The number of unbranched alkanes of at least 4 members (excludes halogenated alkanes) is 20. The second-order valence-corrected chi connectivity index (χ2v) is 18.6. The van der Waals surface area contributed by atoms with Gasteiger partial charge in [0.25, 0.3) is 0 Å². The third-order valence-corrected chi connectivity index (χ3v) is 15.5. The van der Waals surface area contributed by atoms with E-state index in [1.165, 1.54) is 154 Å². The van der Waals surface area contributed by atoms with Gasteiger partial charge in [0.15, 0.2) is 0 Å². The minimum atomic E-state index is -2.73. The molecule has 1 unspecified atom stereocenters. The molecule has 0 radical (unpaired) electrons. The van der Waals surface area contributed by atoms with Gasteiger partial charge in [-0.1, -0.05) is 13.3 Å². The zero-order valence-corrected chi connectivity index (χ0v) is 28.5. The maximum atomic E-state index is 13.1. The van der Waals surface area contributed by atoms with Gasteiger partial charge in [-0.05, 0) is 0 Å². The normalized spacial score (nSPS) is 13.7. The van der Waals surface area contributed by atoms with Crippen molar-refractivity contribution in [1.29, 1.82) is 0 Å². The van der Waals surface area contributed by atoms with Crippen LogP contribution >= 0.6 is 6.83 Å². The Labute approximate surface area is 246 Å². The van der Waals surface area contributed by atoms with Crippen molar-refractivity contribution >= 4 is 12.8 Å². The summed E-state index contributed by atoms with van der Waals surface area (Å²) in [5.41, 5.74) is 0. The monoisotopic (exact) mass is 573 g/mol. The molecule has 1 atom stereocenters. The number of aliphatic hydroxyl groups is 1. The van der Waals surface area contributed by atoms with E-state index in [0.29, 0.717) is 0 Å². The number of aliphatic hydroxyl groups excluding tert-OH is 1. The van der Waals surface area contributed by atoms with E-state index in [4.69, 9.17) is 4.52 Å². The summed E-state index contributed by atoms with van der Waals surface area (Å²) in [7, 11) is 0. The minimum absolute atomic E-state index is 0.340. The summed E-state index contributed by atoms with van der Waals surface area (Å²) in [5.74, 6) is -0.340. The van der Waals surface area contributed by atoms with Crippen molar-refractivity contribution in [1.82, 2.24) is 0 Å². The van der Waals surface area contributed by atoms with Crippen LogP contribution in [0.2, 0.25) is 0 Å². The van der Waals surface area contributed by atoms with Gasteiger partial charge in [-0.2, -0.15) is 0 Å². The molecule has 0 amide bonds. The Morgan fingerprint density at radius 1 is 0.487 bits per heavy atom. The van der Waals surface area contributed by atoms with Crippen molar-refractivity contribution in [2.45, 2.75) is 195 Å². The van der Waals surface area contributed by atoms with Crippen LogP contribution in [0.5, 0.6) is 0 Å². The molecule has 39 heavy (non-hydrogen) atoms. The van der Waals surface area contributed by atoms with E-state index in [1.54, 1.807) is 6.92 Å². The first-order valence-electron chi connectivity index (χ1n) is 17.8. The molecule has 0 fully saturated rings. The Morgan fingerprint density at radius 3 is 0.974 bits per heavy atom. The first-order valence-corrected chi connectivity index (χ1v) is 20.7. The molecule has 0 aromatic rings. The van der Waals surface area contributed by atoms with Crippen LogP contribution in [-0.2, 0) is 9.32 Å². The van der Waals surface area contributed by atoms with Crippen molar-refractivity contribution in [3.63, 3.8) is 0 Å². The molecule has 0 saturated carbocycles. The summed E-state index contributed by atoms with van der Waals surface area (Å²) in [6, 6.07) is 0. The van der Waals surface area contributed by atoms with Gasteiger partial charge in [0, 0.05) is 0 Å². The van der Waals surface area contributed by atoms with Crippen molar-refractivity contribution in [3.05, 3.63) is 0 Å². The van der Waals surface area contributed by atoms with E-state index in [0.717, 1.165) is 24.6 Å². The number of rotatable bonds is 30. The summed E-state index contributed by atoms with van der Waals surface area (Å²) < 4.78 is 6.77. The molecule has 0 aliphatic carbocycles. The first-order chi connectivity index (χ1) is 18.9. The van der Waals surface area contributed by atoms with Crippen molar-refractivity contribution in [3.8, 4) is 0 Å². The van der Waals surface area contributed by atoms with Crippen LogP contribution < -0.4 is 0 Å². The van der Waals surface area contributed by atoms with Gasteiger partial charge >= 0.3 is 233 Å². The van der Waals surface area contributed by atoms with E-state index in [2.05, 4.69) is 27.7 Å². The second kappa shape index (κ2) is 25.6. The van der Waals surface area contributed by atoms with Crippen LogP contribution in [0, 0.1) is 0 Å². The molecular weight excluding hydrogens is 499 g/mol. The molecule has 1 N–H and O–H groups in total. The van der Waals surface area contributed by atoms with Gasteiger partial charge in [0.1, 0.15) is 0 Å². The average molecular weight is 573 g/mol. The quantitative estimate of drug-likeness (QED) is 0.0687. The third-order valence-electron chi connectivity index (χ3n) is 9.00. The van der Waals surface area contributed by atoms with E-state index < -0.39 is 12.9 Å². The number of hydrogen-bond acceptors (Lipinski definition) is 3. The Bertz CT molecular complexity index is 514. The Hall–Kier alpha value is -0.140. The molecule has 0 aliphatic heterocycles. The Kier molecular flexibility index (Phi) is 25.5. The average Bonchev–Trinajstić information content (AvgIpc) is 2.92. The van der Waals surface area contributed by atoms with E-state index in [-0.39, 0.29) is 5.97 Å². The molecule has 3 nitrogen and oxygen atoms in total. The molecule has 0 aliphatic rings. The Balaban J connectivity index is 5.35. The number of carbonyl (C=O) groups is 1. The van der Waals surface area contributed by atoms with Crippen molar-refractivity contribution in [2.75, 3.05) is 24.6 Å². The SMILES string of the molecule is CCCCCCCCCCCCCCP(CCCCCC)(CCCCCC)(CCCCCC)OC(=O)C(C)O. The predicted octanol–water partition coefficient (Wildman–Crippen LogP) is 11.8. The predicted molar refractivity (Wildman–Crippen MR) is 178 cm³/mol. The summed E-state index contributed by atoms with van der Waals surface area (Å²) in [4.78, 5) is 13.1. The molecular formula is C35H73O3P. The fraction of sp³-hybridized carbons (Fsp3) is 0.971. The Morgan fingerprint density at radius 2 is 0.718 bits per heavy atom. The van der Waals surface area contributed by atoms with Crippen molar-refractivity contribution < 1.29 is 14.4 Å².